The molecule has 3 rings (SSSR count). The van der Waals surface area contributed by atoms with Crippen molar-refractivity contribution in [3.63, 3.8) is 0 Å². The highest BCUT2D eigenvalue weighted by Gasteiger charge is 2.15. The number of aryl methyl sites for hydroxylation is 1. The van der Waals surface area contributed by atoms with E-state index in [0.717, 1.165) is 29.2 Å². The van der Waals surface area contributed by atoms with E-state index in [-0.39, 0.29) is 30.7 Å². The van der Waals surface area contributed by atoms with E-state index in [1.807, 2.05) is 5.38 Å². The number of nitrogens with one attached hydrogen (secondary N) is 2. The fraction of sp³-hybridized carbons (Fsp3) is 0.412. The largest absolute Gasteiger partial charge is 0.354 e. The van der Waals surface area contributed by atoms with E-state index in [1.54, 1.807) is 11.3 Å². The maximum Gasteiger partial charge on any atom is 0.226 e. The summed E-state index contributed by atoms with van der Waals surface area (Å²) in [5.41, 5.74) is 3.19. The number of aromatic nitrogens is 1. The van der Waals surface area contributed by atoms with Crippen molar-refractivity contribution in [2.45, 2.75) is 32.2 Å². The van der Waals surface area contributed by atoms with Gasteiger partial charge in [-0.1, -0.05) is 29.8 Å². The predicted octanol–water partition coefficient (Wildman–Crippen LogP) is 3.37. The van der Waals surface area contributed by atoms with Crippen molar-refractivity contribution in [1.29, 1.82) is 0 Å². The average molecular weight is 388 g/mol. The summed E-state index contributed by atoms with van der Waals surface area (Å²) in [5.74, 6) is 0.0504. The molecule has 2 aromatic rings. The minimum Gasteiger partial charge on any atom is -0.354 e. The zero-order valence-electron chi connectivity index (χ0n) is 13.6. The van der Waals surface area contributed by atoms with Gasteiger partial charge in [-0.2, -0.15) is 0 Å². The fourth-order valence-electron chi connectivity index (χ4n) is 2.61. The number of carbonyl (C=O) groups is 1. The van der Waals surface area contributed by atoms with Crippen LogP contribution in [-0.2, 0) is 11.2 Å². The Balaban J connectivity index is 0.00000144. The Bertz CT molecular complexity index is 640. The first kappa shape index (κ1) is 20.9. The number of benzene rings is 1. The van der Waals surface area contributed by atoms with Crippen LogP contribution in [0.1, 0.15) is 24.1 Å². The third-order valence-corrected chi connectivity index (χ3v) is 4.84. The van der Waals surface area contributed by atoms with E-state index in [9.17, 15) is 4.79 Å². The minimum atomic E-state index is 0. The highest BCUT2D eigenvalue weighted by atomic mass is 35.5. The van der Waals surface area contributed by atoms with Gasteiger partial charge in [0.1, 0.15) is 5.01 Å². The maximum absolute atomic E-state index is 12.0. The monoisotopic (exact) mass is 387 g/mol. The van der Waals surface area contributed by atoms with Gasteiger partial charge in [0.05, 0.1) is 12.1 Å². The summed E-state index contributed by atoms with van der Waals surface area (Å²) in [6.07, 6.45) is 2.70. The molecule has 1 aromatic heterocycles. The summed E-state index contributed by atoms with van der Waals surface area (Å²) in [4.78, 5) is 16.6. The van der Waals surface area contributed by atoms with Crippen molar-refractivity contribution in [3.8, 4) is 10.6 Å². The lowest BCUT2D eigenvalue weighted by Gasteiger charge is -2.10. The summed E-state index contributed by atoms with van der Waals surface area (Å²) >= 11 is 1.59. The first-order valence-corrected chi connectivity index (χ1v) is 8.60. The molecule has 0 radical (unpaired) electrons. The topological polar surface area (TPSA) is 54.0 Å². The van der Waals surface area contributed by atoms with Gasteiger partial charge in [0, 0.05) is 23.5 Å². The summed E-state index contributed by atoms with van der Waals surface area (Å²) in [5, 5.41) is 9.32. The molecule has 1 fully saturated rings. The van der Waals surface area contributed by atoms with Crippen LogP contribution in [-0.4, -0.2) is 30.0 Å². The van der Waals surface area contributed by atoms with Crippen molar-refractivity contribution in [1.82, 2.24) is 15.6 Å². The van der Waals surface area contributed by atoms with E-state index in [2.05, 4.69) is 46.8 Å². The number of hydrogen-bond acceptors (Lipinski definition) is 4. The third kappa shape index (κ3) is 5.74. The van der Waals surface area contributed by atoms with E-state index in [0.29, 0.717) is 19.0 Å². The first-order valence-electron chi connectivity index (χ1n) is 7.72. The van der Waals surface area contributed by atoms with Crippen LogP contribution in [0, 0.1) is 6.92 Å². The number of hydrogen-bond donors (Lipinski definition) is 2. The van der Waals surface area contributed by atoms with Gasteiger partial charge in [0.25, 0.3) is 0 Å². The number of thiazole rings is 1. The third-order valence-electron chi connectivity index (χ3n) is 3.90. The molecule has 132 valence electrons. The van der Waals surface area contributed by atoms with E-state index >= 15 is 0 Å². The van der Waals surface area contributed by atoms with Gasteiger partial charge in [-0.25, -0.2) is 4.98 Å². The Hall–Kier alpha value is -1.14. The summed E-state index contributed by atoms with van der Waals surface area (Å²) in [7, 11) is 0. The lowest BCUT2D eigenvalue weighted by Crippen LogP contribution is -2.37. The van der Waals surface area contributed by atoms with E-state index in [1.165, 1.54) is 12.0 Å². The quantitative estimate of drug-likeness (QED) is 0.826. The molecule has 4 nitrogen and oxygen atoms in total. The van der Waals surface area contributed by atoms with Crippen LogP contribution in [0.5, 0.6) is 0 Å². The standard InChI is InChI=1S/C17H21N3OS.2ClH/c1-12-4-6-13(7-5-12)17-20-15(11-22-17)9-16(21)19-10-14-3-2-8-18-14;;/h4-7,11,14,18H,2-3,8-10H2,1H3,(H,19,21);2*1H. The highest BCUT2D eigenvalue weighted by molar-refractivity contribution is 7.13. The summed E-state index contributed by atoms with van der Waals surface area (Å²) in [6, 6.07) is 8.74. The van der Waals surface area contributed by atoms with Crippen LogP contribution in [0.25, 0.3) is 10.6 Å². The molecule has 1 aliphatic heterocycles. The summed E-state index contributed by atoms with van der Waals surface area (Å²) < 4.78 is 0. The Labute approximate surface area is 159 Å². The molecule has 0 spiro atoms. The van der Waals surface area contributed by atoms with Crippen LogP contribution in [0.3, 0.4) is 0 Å². The maximum atomic E-state index is 12.0. The highest BCUT2D eigenvalue weighted by Crippen LogP contribution is 2.24. The normalized spacial score (nSPS) is 16.1. The zero-order valence-corrected chi connectivity index (χ0v) is 16.0. The molecule has 0 saturated carbocycles. The van der Waals surface area contributed by atoms with Gasteiger partial charge in [0.15, 0.2) is 0 Å². The van der Waals surface area contributed by atoms with Crippen molar-refractivity contribution >= 4 is 42.1 Å². The van der Waals surface area contributed by atoms with Crippen LogP contribution in [0.15, 0.2) is 29.6 Å². The second kappa shape index (κ2) is 9.99. The molecule has 0 bridgehead atoms. The summed E-state index contributed by atoms with van der Waals surface area (Å²) in [6.45, 7) is 3.85. The molecule has 1 saturated heterocycles. The van der Waals surface area contributed by atoms with Gasteiger partial charge in [-0.15, -0.1) is 36.2 Å². The lowest BCUT2D eigenvalue weighted by molar-refractivity contribution is -0.120. The molecule has 1 aromatic carbocycles. The Kier molecular flexibility index (Phi) is 8.70. The molecule has 1 unspecified atom stereocenters. The zero-order chi connectivity index (χ0) is 15.4. The molecule has 2 N–H and O–H groups in total. The Morgan fingerprint density at radius 2 is 2.08 bits per heavy atom. The molecule has 0 aliphatic carbocycles. The van der Waals surface area contributed by atoms with Crippen molar-refractivity contribution in [3.05, 3.63) is 40.9 Å². The Morgan fingerprint density at radius 1 is 1.33 bits per heavy atom. The SMILES string of the molecule is Cc1ccc(-c2nc(CC(=O)NCC3CCCN3)cs2)cc1.Cl.Cl. The first-order chi connectivity index (χ1) is 10.7. The van der Waals surface area contributed by atoms with Crippen LogP contribution < -0.4 is 10.6 Å². The van der Waals surface area contributed by atoms with Gasteiger partial charge < -0.3 is 10.6 Å². The number of nitrogens with zero attached hydrogens (tertiary/aromatic N) is 1. The van der Waals surface area contributed by atoms with Crippen LogP contribution in [0.2, 0.25) is 0 Å². The van der Waals surface area contributed by atoms with Crippen LogP contribution in [0.4, 0.5) is 0 Å². The van der Waals surface area contributed by atoms with Crippen molar-refractivity contribution < 1.29 is 4.79 Å². The van der Waals surface area contributed by atoms with Crippen molar-refractivity contribution in [2.75, 3.05) is 13.1 Å². The Morgan fingerprint density at radius 3 is 2.75 bits per heavy atom. The van der Waals surface area contributed by atoms with Gasteiger partial charge in [-0.3, -0.25) is 4.79 Å². The molecule has 1 atom stereocenters. The van der Waals surface area contributed by atoms with Crippen molar-refractivity contribution in [2.24, 2.45) is 0 Å². The molecule has 2 heterocycles. The number of rotatable bonds is 5. The number of halogens is 2. The number of amides is 1. The number of carbonyl (C=O) groups excluding carboxylic acids is 1. The molecule has 7 heteroatoms. The van der Waals surface area contributed by atoms with Gasteiger partial charge in [0.2, 0.25) is 5.91 Å². The molecular formula is C17H23Cl2N3OS. The molecular weight excluding hydrogens is 365 g/mol. The van der Waals surface area contributed by atoms with E-state index in [4.69, 9.17) is 0 Å². The lowest BCUT2D eigenvalue weighted by atomic mass is 10.2. The average Bonchev–Trinajstić information content (AvgIpc) is 3.17. The van der Waals surface area contributed by atoms with Crippen LogP contribution >= 0.6 is 36.2 Å². The van der Waals surface area contributed by atoms with Gasteiger partial charge in [-0.05, 0) is 26.3 Å². The smallest absolute Gasteiger partial charge is 0.226 e. The van der Waals surface area contributed by atoms with Gasteiger partial charge >= 0.3 is 0 Å². The minimum absolute atomic E-state index is 0. The molecule has 24 heavy (non-hydrogen) atoms. The molecule has 1 aliphatic rings. The fourth-order valence-corrected chi connectivity index (χ4v) is 3.44. The second-order valence-electron chi connectivity index (χ2n) is 5.78. The van der Waals surface area contributed by atoms with E-state index < -0.39 is 0 Å². The second-order valence-corrected chi connectivity index (χ2v) is 6.64. The predicted molar refractivity (Wildman–Crippen MR) is 105 cm³/mol. The molecule has 1 amide bonds.